The van der Waals surface area contributed by atoms with Crippen LogP contribution in [0.4, 0.5) is 5.69 Å². The van der Waals surface area contributed by atoms with Crippen molar-refractivity contribution in [3.05, 3.63) is 53.6 Å². The Balaban J connectivity index is 2.14. The van der Waals surface area contributed by atoms with E-state index in [0.717, 1.165) is 0 Å². The fourth-order valence-electron chi connectivity index (χ4n) is 2.58. The summed E-state index contributed by atoms with van der Waals surface area (Å²) in [6.45, 7) is 5.68. The molecule has 0 spiro atoms. The highest BCUT2D eigenvalue weighted by Gasteiger charge is 2.21. The second-order valence-electron chi connectivity index (χ2n) is 5.88. The maximum Gasteiger partial charge on any atom is 0.338 e. The molecule has 144 valence electrons. The molecule has 0 heterocycles. The lowest BCUT2D eigenvalue weighted by atomic mass is 10.1. The molecule has 0 fully saturated rings. The largest absolute Gasteiger partial charge is 0.497 e. The molecule has 27 heavy (non-hydrogen) atoms. The van der Waals surface area contributed by atoms with Crippen molar-refractivity contribution in [1.29, 1.82) is 0 Å². The molecule has 0 aliphatic rings. The number of carbonyl (C=O) groups is 2. The van der Waals surface area contributed by atoms with E-state index in [2.05, 4.69) is 5.32 Å². The minimum Gasteiger partial charge on any atom is -0.497 e. The van der Waals surface area contributed by atoms with Crippen LogP contribution in [0.25, 0.3) is 0 Å². The summed E-state index contributed by atoms with van der Waals surface area (Å²) in [5.41, 5.74) is 1.63. The summed E-state index contributed by atoms with van der Waals surface area (Å²) >= 11 is 0. The van der Waals surface area contributed by atoms with E-state index in [0.29, 0.717) is 41.3 Å². The summed E-state index contributed by atoms with van der Waals surface area (Å²) in [6, 6.07) is 12.2. The molecule has 1 N–H and O–H groups in total. The molecule has 2 aromatic carbocycles. The first-order valence-electron chi connectivity index (χ1n) is 8.88. The van der Waals surface area contributed by atoms with Crippen molar-refractivity contribution >= 4 is 17.6 Å². The summed E-state index contributed by atoms with van der Waals surface area (Å²) in [5, 5.41) is 2.84. The van der Waals surface area contributed by atoms with Crippen LogP contribution in [0.2, 0.25) is 0 Å². The number of nitrogens with one attached hydrogen (secondary N) is 1. The molecule has 1 amide bonds. The van der Waals surface area contributed by atoms with Crippen LogP contribution in [0.1, 0.15) is 36.2 Å². The number of amides is 1. The number of methoxy groups -OCH3 is 1. The molecular formula is C21H25NO5. The lowest BCUT2D eigenvalue weighted by Crippen LogP contribution is -2.32. The molecule has 2 rings (SSSR count). The third-order valence-electron chi connectivity index (χ3n) is 4.07. The van der Waals surface area contributed by atoms with Gasteiger partial charge in [0.15, 0.2) is 6.10 Å². The predicted octanol–water partition coefficient (Wildman–Crippen LogP) is 3.98. The van der Waals surface area contributed by atoms with E-state index in [9.17, 15) is 9.59 Å². The van der Waals surface area contributed by atoms with Crippen LogP contribution in [0, 0.1) is 6.92 Å². The normalized spacial score (nSPS) is 11.4. The lowest BCUT2D eigenvalue weighted by molar-refractivity contribution is -0.122. The highest BCUT2D eigenvalue weighted by atomic mass is 16.5. The Bertz CT molecular complexity index is 803. The first-order chi connectivity index (χ1) is 13.0. The average Bonchev–Trinajstić information content (AvgIpc) is 2.67. The second-order valence-corrected chi connectivity index (χ2v) is 5.88. The van der Waals surface area contributed by atoms with E-state index >= 15 is 0 Å². The molecule has 0 radical (unpaired) electrons. The first kappa shape index (κ1) is 20.3. The van der Waals surface area contributed by atoms with Gasteiger partial charge >= 0.3 is 5.97 Å². The second kappa shape index (κ2) is 9.62. The van der Waals surface area contributed by atoms with Crippen molar-refractivity contribution < 1.29 is 23.8 Å². The van der Waals surface area contributed by atoms with E-state index < -0.39 is 12.1 Å². The topological polar surface area (TPSA) is 73.9 Å². The zero-order valence-electron chi connectivity index (χ0n) is 16.1. The van der Waals surface area contributed by atoms with E-state index in [-0.39, 0.29) is 5.91 Å². The fraction of sp³-hybridized carbons (Fsp3) is 0.333. The summed E-state index contributed by atoms with van der Waals surface area (Å²) in [4.78, 5) is 24.7. The molecule has 0 bridgehead atoms. The van der Waals surface area contributed by atoms with Gasteiger partial charge in [-0.2, -0.15) is 0 Å². The molecular weight excluding hydrogens is 346 g/mol. The van der Waals surface area contributed by atoms with Gasteiger partial charge in [0, 0.05) is 11.8 Å². The molecule has 2 aromatic rings. The molecule has 6 nitrogen and oxygen atoms in total. The van der Waals surface area contributed by atoms with E-state index in [1.807, 2.05) is 6.92 Å². The molecule has 0 aromatic heterocycles. The Morgan fingerprint density at radius 3 is 2.44 bits per heavy atom. The average molecular weight is 371 g/mol. The third-order valence-corrected chi connectivity index (χ3v) is 4.07. The Morgan fingerprint density at radius 2 is 1.78 bits per heavy atom. The maximum absolute atomic E-state index is 12.7. The van der Waals surface area contributed by atoms with Crippen LogP contribution < -0.4 is 14.8 Å². The molecule has 1 atom stereocenters. The fourth-order valence-corrected chi connectivity index (χ4v) is 2.58. The molecule has 0 saturated heterocycles. The van der Waals surface area contributed by atoms with E-state index in [1.54, 1.807) is 63.4 Å². The Labute approximate surface area is 159 Å². The summed E-state index contributed by atoms with van der Waals surface area (Å²) in [5.74, 6) is 0.504. The summed E-state index contributed by atoms with van der Waals surface area (Å²) < 4.78 is 16.0. The van der Waals surface area contributed by atoms with Gasteiger partial charge in [-0.15, -0.1) is 0 Å². The van der Waals surface area contributed by atoms with Crippen LogP contribution in [0.3, 0.4) is 0 Å². The van der Waals surface area contributed by atoms with Crippen molar-refractivity contribution in [2.24, 2.45) is 0 Å². The standard InChI is InChI=1S/C21H25NO5/c1-5-19(27-16-10-7-9-15(13-16)25-4)20(23)22-18-12-8-11-17(14(18)3)21(24)26-6-2/h7-13,19H,5-6H2,1-4H3,(H,22,23)/t19-/m1/s1. The summed E-state index contributed by atoms with van der Waals surface area (Å²) in [7, 11) is 1.57. The molecule has 0 unspecified atom stereocenters. The predicted molar refractivity (Wildman–Crippen MR) is 103 cm³/mol. The van der Waals surface area contributed by atoms with Gasteiger partial charge in [0.1, 0.15) is 11.5 Å². The molecule has 0 aliphatic heterocycles. The Kier molecular flexibility index (Phi) is 7.23. The number of anilines is 1. The number of hydrogen-bond acceptors (Lipinski definition) is 5. The minimum absolute atomic E-state index is 0.288. The van der Waals surface area contributed by atoms with Crippen molar-refractivity contribution in [3.63, 3.8) is 0 Å². The molecule has 6 heteroatoms. The van der Waals surface area contributed by atoms with Crippen molar-refractivity contribution in [1.82, 2.24) is 0 Å². The molecule has 0 saturated carbocycles. The van der Waals surface area contributed by atoms with E-state index in [4.69, 9.17) is 14.2 Å². The zero-order chi connectivity index (χ0) is 19.8. The van der Waals surface area contributed by atoms with Gasteiger partial charge in [0.05, 0.1) is 19.3 Å². The van der Waals surface area contributed by atoms with Crippen molar-refractivity contribution in [2.75, 3.05) is 19.0 Å². The highest BCUT2D eigenvalue weighted by molar-refractivity contribution is 5.98. The quantitative estimate of drug-likeness (QED) is 0.711. The summed E-state index contributed by atoms with van der Waals surface area (Å²) in [6.07, 6.45) is -0.192. The van der Waals surface area contributed by atoms with Crippen LogP contribution >= 0.6 is 0 Å². The number of carbonyl (C=O) groups excluding carboxylic acids is 2. The van der Waals surface area contributed by atoms with Crippen molar-refractivity contribution in [3.8, 4) is 11.5 Å². The number of rotatable bonds is 8. The molecule has 0 aliphatic carbocycles. The SMILES string of the molecule is CCOC(=O)c1cccc(NC(=O)[C@@H](CC)Oc2cccc(OC)c2)c1C. The van der Waals surface area contributed by atoms with Gasteiger partial charge in [0.25, 0.3) is 5.91 Å². The maximum atomic E-state index is 12.7. The minimum atomic E-state index is -0.678. The number of esters is 1. The van der Waals surface area contributed by atoms with Gasteiger partial charge in [-0.1, -0.05) is 19.1 Å². The number of ether oxygens (including phenoxy) is 3. The lowest BCUT2D eigenvalue weighted by Gasteiger charge is -2.19. The number of benzene rings is 2. The highest BCUT2D eigenvalue weighted by Crippen LogP contribution is 2.23. The van der Waals surface area contributed by atoms with Crippen LogP contribution in [-0.4, -0.2) is 31.7 Å². The first-order valence-corrected chi connectivity index (χ1v) is 8.88. The van der Waals surface area contributed by atoms with Crippen molar-refractivity contribution in [2.45, 2.75) is 33.3 Å². The van der Waals surface area contributed by atoms with E-state index in [1.165, 1.54) is 0 Å². The Hall–Kier alpha value is -3.02. The number of hydrogen-bond donors (Lipinski definition) is 1. The Morgan fingerprint density at radius 1 is 1.07 bits per heavy atom. The van der Waals surface area contributed by atoms with Gasteiger partial charge in [-0.05, 0) is 50.1 Å². The van der Waals surface area contributed by atoms with Gasteiger partial charge < -0.3 is 19.5 Å². The van der Waals surface area contributed by atoms with Gasteiger partial charge in [-0.25, -0.2) is 4.79 Å². The van der Waals surface area contributed by atoms with Gasteiger partial charge in [0.2, 0.25) is 0 Å². The third kappa shape index (κ3) is 5.23. The monoisotopic (exact) mass is 371 g/mol. The smallest absolute Gasteiger partial charge is 0.338 e. The van der Waals surface area contributed by atoms with Crippen LogP contribution in [0.5, 0.6) is 11.5 Å². The van der Waals surface area contributed by atoms with Crippen LogP contribution in [-0.2, 0) is 9.53 Å². The van der Waals surface area contributed by atoms with Crippen LogP contribution in [0.15, 0.2) is 42.5 Å². The van der Waals surface area contributed by atoms with Gasteiger partial charge in [-0.3, -0.25) is 4.79 Å². The zero-order valence-corrected chi connectivity index (χ0v) is 16.1.